The summed E-state index contributed by atoms with van der Waals surface area (Å²) in [5.74, 6) is -1.59. The van der Waals surface area contributed by atoms with Crippen LogP contribution in [0, 0.1) is 10.1 Å². The number of nitrogens with zero attached hydrogens (tertiary/aromatic N) is 2. The molecule has 3 N–H and O–H groups in total. The zero-order chi connectivity index (χ0) is 19.1. The molecule has 9 nitrogen and oxygen atoms in total. The largest absolute Gasteiger partial charge is 0.502 e. The van der Waals surface area contributed by atoms with Gasteiger partial charge < -0.3 is 10.4 Å². The van der Waals surface area contributed by atoms with Gasteiger partial charge in [-0.25, -0.2) is 5.43 Å². The zero-order valence-electron chi connectivity index (χ0n) is 13.2. The van der Waals surface area contributed by atoms with Gasteiger partial charge in [0, 0.05) is 11.6 Å². The summed E-state index contributed by atoms with van der Waals surface area (Å²) in [6.07, 6.45) is 1.17. The fourth-order valence-corrected chi connectivity index (χ4v) is 2.11. The summed E-state index contributed by atoms with van der Waals surface area (Å²) in [5.41, 5.74) is 2.23. The van der Waals surface area contributed by atoms with Crippen LogP contribution in [0.15, 0.2) is 47.6 Å². The molecule has 0 fully saturated rings. The number of amides is 2. The molecule has 10 heteroatoms. The van der Waals surface area contributed by atoms with Crippen molar-refractivity contribution in [3.63, 3.8) is 0 Å². The second-order valence-corrected chi connectivity index (χ2v) is 5.37. The van der Waals surface area contributed by atoms with Crippen LogP contribution >= 0.6 is 11.6 Å². The Hall–Kier alpha value is -3.46. The second-order valence-electron chi connectivity index (χ2n) is 4.96. The first-order chi connectivity index (χ1) is 12.4. The molecule has 0 bridgehead atoms. The summed E-state index contributed by atoms with van der Waals surface area (Å²) in [6.45, 7) is -0.336. The summed E-state index contributed by atoms with van der Waals surface area (Å²) in [6, 6.07) is 10.0. The van der Waals surface area contributed by atoms with Gasteiger partial charge in [0.25, 0.3) is 11.8 Å². The van der Waals surface area contributed by atoms with Crippen LogP contribution in [0.4, 0.5) is 5.69 Å². The maximum absolute atomic E-state index is 11.9. The number of hydrazone groups is 1. The lowest BCUT2D eigenvalue weighted by atomic mass is 10.2. The number of hydrogen-bond donors (Lipinski definition) is 3. The standard InChI is InChI=1S/C16H13ClN4O5/c17-12-4-2-1-3-11(12)16(24)18-9-15(23)20-19-8-10-5-6-14(22)13(7-10)21(25)26/h1-8,22H,9H2,(H,18,24)(H,20,23)/b19-8+. The van der Waals surface area contributed by atoms with Gasteiger partial charge in [-0.2, -0.15) is 5.10 Å². The van der Waals surface area contributed by atoms with Crippen molar-refractivity contribution < 1.29 is 19.6 Å². The minimum atomic E-state index is -0.741. The Morgan fingerprint density at radius 3 is 2.69 bits per heavy atom. The number of aromatic hydroxyl groups is 1. The van der Waals surface area contributed by atoms with Gasteiger partial charge in [0.2, 0.25) is 0 Å². The van der Waals surface area contributed by atoms with Crippen LogP contribution in [0.1, 0.15) is 15.9 Å². The van der Waals surface area contributed by atoms with Gasteiger partial charge in [-0.15, -0.1) is 0 Å². The SMILES string of the molecule is O=C(CNC(=O)c1ccccc1Cl)N/N=C/c1ccc(O)c([N+](=O)[O-])c1. The molecule has 0 spiro atoms. The fraction of sp³-hybridized carbons (Fsp3) is 0.0625. The molecule has 0 aromatic heterocycles. The maximum atomic E-state index is 11.9. The molecule has 0 aliphatic rings. The Morgan fingerprint density at radius 2 is 2.00 bits per heavy atom. The minimum Gasteiger partial charge on any atom is -0.502 e. The van der Waals surface area contributed by atoms with Gasteiger partial charge >= 0.3 is 5.69 Å². The number of nitrogens with one attached hydrogen (secondary N) is 2. The number of hydrogen-bond acceptors (Lipinski definition) is 6. The summed E-state index contributed by atoms with van der Waals surface area (Å²) >= 11 is 5.88. The molecule has 0 aliphatic heterocycles. The van der Waals surface area contributed by atoms with Crippen LogP contribution in [0.2, 0.25) is 5.02 Å². The first-order valence-corrected chi connectivity index (χ1v) is 7.58. The van der Waals surface area contributed by atoms with Crippen molar-refractivity contribution in [2.75, 3.05) is 6.54 Å². The van der Waals surface area contributed by atoms with Gasteiger partial charge in [-0.3, -0.25) is 19.7 Å². The van der Waals surface area contributed by atoms with Gasteiger partial charge in [-0.1, -0.05) is 23.7 Å². The monoisotopic (exact) mass is 376 g/mol. The smallest absolute Gasteiger partial charge is 0.311 e. The molecule has 2 amide bonds. The number of rotatable bonds is 6. The highest BCUT2D eigenvalue weighted by Crippen LogP contribution is 2.25. The first kappa shape index (κ1) is 18.9. The molecule has 2 aromatic rings. The van der Waals surface area contributed by atoms with E-state index in [0.717, 1.165) is 12.1 Å². The van der Waals surface area contributed by atoms with Crippen LogP contribution in [0.3, 0.4) is 0 Å². The topological polar surface area (TPSA) is 134 Å². The number of carbonyl (C=O) groups is 2. The predicted octanol–water partition coefficient (Wildman–Crippen LogP) is 1.83. The van der Waals surface area contributed by atoms with Crippen LogP contribution in [-0.2, 0) is 4.79 Å². The highest BCUT2D eigenvalue weighted by atomic mass is 35.5. The molecule has 26 heavy (non-hydrogen) atoms. The van der Waals surface area contributed by atoms with E-state index in [1.54, 1.807) is 18.2 Å². The molecule has 0 saturated heterocycles. The highest BCUT2D eigenvalue weighted by Gasteiger charge is 2.13. The summed E-state index contributed by atoms with van der Waals surface area (Å²) in [7, 11) is 0. The van der Waals surface area contributed by atoms with Gasteiger partial charge in [0.05, 0.1) is 28.3 Å². The van der Waals surface area contributed by atoms with E-state index in [4.69, 9.17) is 11.6 Å². The third-order valence-electron chi connectivity index (χ3n) is 3.13. The quantitative estimate of drug-likeness (QED) is 0.401. The number of phenols is 1. The van der Waals surface area contributed by atoms with Crippen molar-refractivity contribution in [1.29, 1.82) is 0 Å². The average molecular weight is 377 g/mol. The number of carbonyl (C=O) groups excluding carboxylic acids is 2. The number of nitro groups is 1. The van der Waals surface area contributed by atoms with Gasteiger partial charge in [0.15, 0.2) is 5.75 Å². The number of nitro benzene ring substituents is 1. The summed E-state index contributed by atoms with van der Waals surface area (Å²) < 4.78 is 0. The first-order valence-electron chi connectivity index (χ1n) is 7.20. The van der Waals surface area contributed by atoms with E-state index >= 15 is 0 Å². The highest BCUT2D eigenvalue weighted by molar-refractivity contribution is 6.33. The Bertz CT molecular complexity index is 885. The Kier molecular flexibility index (Phi) is 6.23. The van der Waals surface area contributed by atoms with Gasteiger partial charge in [0.1, 0.15) is 0 Å². The third kappa shape index (κ3) is 5.02. The molecular weight excluding hydrogens is 364 g/mol. The zero-order valence-corrected chi connectivity index (χ0v) is 13.9. The van der Waals surface area contributed by atoms with E-state index in [1.165, 1.54) is 18.3 Å². The van der Waals surface area contributed by atoms with Crippen LogP contribution in [-0.4, -0.2) is 34.6 Å². The predicted molar refractivity (Wildman–Crippen MR) is 94.3 cm³/mol. The van der Waals surface area contributed by atoms with E-state index in [0.29, 0.717) is 5.56 Å². The van der Waals surface area contributed by atoms with Crippen molar-refractivity contribution >= 4 is 35.3 Å². The van der Waals surface area contributed by atoms with E-state index in [-0.39, 0.29) is 17.1 Å². The molecular formula is C16H13ClN4O5. The lowest BCUT2D eigenvalue weighted by molar-refractivity contribution is -0.385. The third-order valence-corrected chi connectivity index (χ3v) is 3.46. The normalized spacial score (nSPS) is 10.5. The Morgan fingerprint density at radius 1 is 1.27 bits per heavy atom. The molecule has 2 aromatic carbocycles. The molecule has 134 valence electrons. The molecule has 2 rings (SSSR count). The van der Waals surface area contributed by atoms with Crippen molar-refractivity contribution in [1.82, 2.24) is 10.7 Å². The van der Waals surface area contributed by atoms with Crippen molar-refractivity contribution in [3.05, 3.63) is 68.7 Å². The van der Waals surface area contributed by atoms with Gasteiger partial charge in [-0.05, 0) is 24.3 Å². The Balaban J connectivity index is 1.88. The van der Waals surface area contributed by atoms with E-state index in [1.807, 2.05) is 0 Å². The second kappa shape index (κ2) is 8.58. The molecule has 0 heterocycles. The molecule has 0 aliphatic carbocycles. The minimum absolute atomic E-state index is 0.238. The summed E-state index contributed by atoms with van der Waals surface area (Å²) in [4.78, 5) is 33.5. The molecule has 0 saturated carbocycles. The molecule has 0 radical (unpaired) electrons. The number of halogens is 1. The van der Waals surface area contributed by atoms with Crippen LogP contribution < -0.4 is 10.7 Å². The van der Waals surface area contributed by atoms with Crippen molar-refractivity contribution in [2.45, 2.75) is 0 Å². The van der Waals surface area contributed by atoms with E-state index in [9.17, 15) is 24.8 Å². The lowest BCUT2D eigenvalue weighted by Crippen LogP contribution is -2.35. The Labute approximate surface area is 152 Å². The fourth-order valence-electron chi connectivity index (χ4n) is 1.89. The van der Waals surface area contributed by atoms with Crippen LogP contribution in [0.25, 0.3) is 0 Å². The number of benzene rings is 2. The summed E-state index contributed by atoms with van der Waals surface area (Å²) in [5, 5.41) is 26.4. The van der Waals surface area contributed by atoms with Crippen molar-refractivity contribution in [2.24, 2.45) is 5.10 Å². The van der Waals surface area contributed by atoms with Crippen LogP contribution in [0.5, 0.6) is 5.75 Å². The average Bonchev–Trinajstić information content (AvgIpc) is 2.61. The number of phenolic OH excluding ortho intramolecular Hbond substituents is 1. The molecule has 0 unspecified atom stereocenters. The molecule has 0 atom stereocenters. The van der Waals surface area contributed by atoms with E-state index in [2.05, 4.69) is 15.8 Å². The lowest BCUT2D eigenvalue weighted by Gasteiger charge is -2.05. The van der Waals surface area contributed by atoms with Crippen molar-refractivity contribution in [3.8, 4) is 5.75 Å². The van der Waals surface area contributed by atoms with E-state index < -0.39 is 28.2 Å². The maximum Gasteiger partial charge on any atom is 0.311 e.